The first kappa shape index (κ1) is 26.9. The Bertz CT molecular complexity index is 1260. The summed E-state index contributed by atoms with van der Waals surface area (Å²) in [5.41, 5.74) is -6.03. The SMILES string of the molecule is CC(C)OC(=O)OC(C)(c1cn(-c2c(Cl)cc(C(F)(F)F)cc2Cl)c2cccc(F)c12)C(F)(F)F. The lowest BCUT2D eigenvalue weighted by molar-refractivity contribution is -0.263. The molecule has 0 fully saturated rings. The van der Waals surface area contributed by atoms with E-state index in [0.29, 0.717) is 19.1 Å². The molecule has 0 saturated carbocycles. The Hall–Kier alpha value is -2.66. The largest absolute Gasteiger partial charge is 0.509 e. The molecule has 35 heavy (non-hydrogen) atoms. The summed E-state index contributed by atoms with van der Waals surface area (Å²) in [5.74, 6) is -1.12. The summed E-state index contributed by atoms with van der Waals surface area (Å²) in [6.45, 7) is 3.26. The van der Waals surface area contributed by atoms with Gasteiger partial charge in [0.2, 0.25) is 5.60 Å². The van der Waals surface area contributed by atoms with Crippen LogP contribution < -0.4 is 0 Å². The number of hydrogen-bond donors (Lipinski definition) is 0. The lowest BCUT2D eigenvalue weighted by Crippen LogP contribution is -2.44. The lowest BCUT2D eigenvalue weighted by Gasteiger charge is -2.31. The monoisotopic (exact) mass is 545 g/mol. The van der Waals surface area contributed by atoms with E-state index in [-0.39, 0.29) is 11.2 Å². The maximum absolute atomic E-state index is 14.9. The number of fused-ring (bicyclic) bond motifs is 1. The fourth-order valence-corrected chi connectivity index (χ4v) is 4.07. The lowest BCUT2D eigenvalue weighted by atomic mass is 9.94. The number of alkyl halides is 6. The molecule has 4 nitrogen and oxygen atoms in total. The highest BCUT2D eigenvalue weighted by Gasteiger charge is 2.58. The van der Waals surface area contributed by atoms with Crippen LogP contribution in [0.2, 0.25) is 10.0 Å². The smallest absolute Gasteiger partial charge is 0.432 e. The van der Waals surface area contributed by atoms with Gasteiger partial charge in [-0.25, -0.2) is 9.18 Å². The molecule has 0 bridgehead atoms. The van der Waals surface area contributed by atoms with Gasteiger partial charge in [-0.1, -0.05) is 29.3 Å². The molecule has 2 aromatic carbocycles. The van der Waals surface area contributed by atoms with Gasteiger partial charge in [0, 0.05) is 17.1 Å². The fraction of sp³-hybridized carbons (Fsp3) is 0.318. The van der Waals surface area contributed by atoms with E-state index in [1.54, 1.807) is 0 Å². The van der Waals surface area contributed by atoms with Gasteiger partial charge in [0.05, 0.1) is 32.9 Å². The van der Waals surface area contributed by atoms with E-state index in [1.807, 2.05) is 0 Å². The van der Waals surface area contributed by atoms with Gasteiger partial charge in [0.25, 0.3) is 0 Å². The van der Waals surface area contributed by atoms with E-state index in [2.05, 4.69) is 9.47 Å². The molecule has 1 heterocycles. The number of halogens is 9. The first-order valence-corrected chi connectivity index (χ1v) is 10.6. The molecule has 0 radical (unpaired) electrons. The molecule has 190 valence electrons. The van der Waals surface area contributed by atoms with Crippen LogP contribution in [0.1, 0.15) is 31.9 Å². The van der Waals surface area contributed by atoms with Gasteiger partial charge < -0.3 is 14.0 Å². The average Bonchev–Trinajstić information content (AvgIpc) is 3.06. The summed E-state index contributed by atoms with van der Waals surface area (Å²) >= 11 is 12.1. The van der Waals surface area contributed by atoms with Crippen molar-refractivity contribution in [1.82, 2.24) is 4.57 Å². The number of nitrogens with zero attached hydrogens (tertiary/aromatic N) is 1. The van der Waals surface area contributed by atoms with Crippen LogP contribution in [0.3, 0.4) is 0 Å². The van der Waals surface area contributed by atoms with Gasteiger partial charge in [-0.05, 0) is 45.0 Å². The topological polar surface area (TPSA) is 40.5 Å². The summed E-state index contributed by atoms with van der Waals surface area (Å²) in [5, 5.41) is -1.74. The van der Waals surface area contributed by atoms with Crippen LogP contribution in [-0.2, 0) is 21.3 Å². The molecule has 13 heteroatoms. The second kappa shape index (κ2) is 9.09. The molecule has 3 rings (SSSR count). The molecule has 1 atom stereocenters. The highest BCUT2D eigenvalue weighted by atomic mass is 35.5. The number of carbonyl (C=O) groups excluding carboxylic acids is 1. The third kappa shape index (κ3) is 5.02. The van der Waals surface area contributed by atoms with E-state index < -0.39 is 62.6 Å². The first-order chi connectivity index (χ1) is 16.0. The zero-order valence-corrected chi connectivity index (χ0v) is 19.6. The summed E-state index contributed by atoms with van der Waals surface area (Å²) in [6, 6.07) is 4.31. The van der Waals surface area contributed by atoms with E-state index in [0.717, 1.165) is 16.8 Å². The van der Waals surface area contributed by atoms with Crippen LogP contribution in [0.4, 0.5) is 35.5 Å². The van der Waals surface area contributed by atoms with Crippen molar-refractivity contribution >= 4 is 40.3 Å². The van der Waals surface area contributed by atoms with Crippen molar-refractivity contribution in [2.45, 2.75) is 44.8 Å². The molecule has 0 saturated heterocycles. The standard InChI is InChI=1S/C22H16Cl2F7NO3/c1-10(2)34-19(33)35-20(3,22(29,30)31)12-9-32(16-6-4-5-15(25)17(12)16)18-13(23)7-11(8-14(18)24)21(26,27)28/h4-10H,1-3H3. The quantitative estimate of drug-likeness (QED) is 0.244. The summed E-state index contributed by atoms with van der Waals surface area (Å²) in [4.78, 5) is 12.0. The highest BCUT2D eigenvalue weighted by molar-refractivity contribution is 6.38. The molecule has 0 amide bonds. The van der Waals surface area contributed by atoms with Crippen molar-refractivity contribution in [3.05, 3.63) is 63.5 Å². The van der Waals surface area contributed by atoms with Gasteiger partial charge in [0.1, 0.15) is 5.82 Å². The molecular weight excluding hydrogens is 530 g/mol. The Morgan fingerprint density at radius 3 is 2.09 bits per heavy atom. The predicted molar refractivity (Wildman–Crippen MR) is 114 cm³/mol. The maximum Gasteiger partial charge on any atom is 0.509 e. The van der Waals surface area contributed by atoms with Crippen molar-refractivity contribution in [3.63, 3.8) is 0 Å². The highest BCUT2D eigenvalue weighted by Crippen LogP contribution is 2.47. The van der Waals surface area contributed by atoms with Crippen molar-refractivity contribution in [2.24, 2.45) is 0 Å². The van der Waals surface area contributed by atoms with Crippen LogP contribution in [0, 0.1) is 5.82 Å². The van der Waals surface area contributed by atoms with Crippen LogP contribution in [0.25, 0.3) is 16.6 Å². The number of rotatable bonds is 4. The number of ether oxygens (including phenoxy) is 2. The number of aromatic nitrogens is 1. The Balaban J connectivity index is 2.34. The number of hydrogen-bond acceptors (Lipinski definition) is 3. The number of carbonyl (C=O) groups is 1. The molecule has 0 aliphatic rings. The Labute approximate surface area is 204 Å². The average molecular weight is 546 g/mol. The summed E-state index contributed by atoms with van der Waals surface area (Å²) in [6.07, 6.45) is -11.8. The zero-order valence-electron chi connectivity index (χ0n) is 18.1. The van der Waals surface area contributed by atoms with Crippen molar-refractivity contribution in [1.29, 1.82) is 0 Å². The van der Waals surface area contributed by atoms with Crippen LogP contribution in [-0.4, -0.2) is 23.0 Å². The second-order valence-corrected chi connectivity index (χ2v) is 8.70. The Morgan fingerprint density at radius 2 is 1.60 bits per heavy atom. The second-order valence-electron chi connectivity index (χ2n) is 7.88. The molecule has 1 unspecified atom stereocenters. The normalized spacial score (nSPS) is 14.3. The number of benzene rings is 2. The van der Waals surface area contributed by atoms with Gasteiger partial charge in [0.15, 0.2) is 0 Å². The van der Waals surface area contributed by atoms with Crippen LogP contribution in [0.5, 0.6) is 0 Å². The first-order valence-electron chi connectivity index (χ1n) is 9.80. The third-order valence-electron chi connectivity index (χ3n) is 5.04. The van der Waals surface area contributed by atoms with Gasteiger partial charge in [-0.2, -0.15) is 26.3 Å². The van der Waals surface area contributed by atoms with Gasteiger partial charge in [-0.3, -0.25) is 0 Å². The fourth-order valence-electron chi connectivity index (χ4n) is 3.40. The molecular formula is C22H16Cl2F7NO3. The van der Waals surface area contributed by atoms with Crippen LogP contribution >= 0.6 is 23.2 Å². The van der Waals surface area contributed by atoms with Crippen molar-refractivity contribution in [2.75, 3.05) is 0 Å². The van der Waals surface area contributed by atoms with Gasteiger partial charge >= 0.3 is 18.5 Å². The van der Waals surface area contributed by atoms with E-state index >= 15 is 0 Å². The van der Waals surface area contributed by atoms with E-state index in [9.17, 15) is 35.5 Å². The molecule has 0 spiro atoms. The van der Waals surface area contributed by atoms with E-state index in [1.165, 1.54) is 26.0 Å². The molecule has 1 aromatic heterocycles. The van der Waals surface area contributed by atoms with E-state index in [4.69, 9.17) is 23.2 Å². The van der Waals surface area contributed by atoms with Crippen molar-refractivity contribution in [3.8, 4) is 5.69 Å². The van der Waals surface area contributed by atoms with Crippen molar-refractivity contribution < 1.29 is 45.0 Å². The minimum Gasteiger partial charge on any atom is -0.432 e. The van der Waals surface area contributed by atoms with Gasteiger partial charge in [-0.15, -0.1) is 0 Å². The minimum absolute atomic E-state index is 0.222. The Morgan fingerprint density at radius 1 is 1.03 bits per heavy atom. The zero-order chi connectivity index (χ0) is 26.5. The Kier molecular flexibility index (Phi) is 6.99. The van der Waals surface area contributed by atoms with Crippen LogP contribution in [0.15, 0.2) is 36.5 Å². The predicted octanol–water partition coefficient (Wildman–Crippen LogP) is 8.43. The maximum atomic E-state index is 14.9. The summed E-state index contributed by atoms with van der Waals surface area (Å²) in [7, 11) is 0. The third-order valence-corrected chi connectivity index (χ3v) is 5.61. The molecule has 0 aliphatic heterocycles. The summed E-state index contributed by atoms with van der Waals surface area (Å²) < 4.78 is 107. The molecule has 0 N–H and O–H groups in total. The molecule has 0 aliphatic carbocycles. The molecule has 3 aromatic rings. The minimum atomic E-state index is -5.27.